The summed E-state index contributed by atoms with van der Waals surface area (Å²) < 4.78 is 5.28. The first-order valence-corrected chi connectivity index (χ1v) is 7.08. The predicted octanol–water partition coefficient (Wildman–Crippen LogP) is -0.425. The molecule has 0 aliphatic carbocycles. The van der Waals surface area contributed by atoms with E-state index in [1.165, 1.54) is 6.42 Å². The Balaban J connectivity index is 1.72. The summed E-state index contributed by atoms with van der Waals surface area (Å²) in [6, 6.07) is 0. The monoisotopic (exact) mass is 269 g/mol. The summed E-state index contributed by atoms with van der Waals surface area (Å²) in [5.41, 5.74) is 5.24. The number of piperidine rings is 1. The van der Waals surface area contributed by atoms with Crippen LogP contribution in [0.4, 0.5) is 0 Å². The van der Waals surface area contributed by atoms with Crippen molar-refractivity contribution in [3.8, 4) is 0 Å². The third kappa shape index (κ3) is 4.18. The standard InChI is InChI=1S/C13H23N3O3/c14-13(18)11-10-15(8-9-19-11)7-4-12(17)16-5-2-1-3-6-16/h11H,1-10H2,(H2,14,18). The Morgan fingerprint density at radius 3 is 2.58 bits per heavy atom. The lowest BCUT2D eigenvalue weighted by atomic mass is 10.1. The molecule has 2 saturated heterocycles. The molecule has 6 nitrogen and oxygen atoms in total. The van der Waals surface area contributed by atoms with E-state index in [1.807, 2.05) is 4.90 Å². The lowest BCUT2D eigenvalue weighted by molar-refractivity contribution is -0.136. The molecule has 0 saturated carbocycles. The summed E-state index contributed by atoms with van der Waals surface area (Å²) in [7, 11) is 0. The van der Waals surface area contributed by atoms with Gasteiger partial charge in [0.1, 0.15) is 6.10 Å². The summed E-state index contributed by atoms with van der Waals surface area (Å²) in [4.78, 5) is 27.2. The number of amides is 2. The van der Waals surface area contributed by atoms with Crippen molar-refractivity contribution in [3.05, 3.63) is 0 Å². The smallest absolute Gasteiger partial charge is 0.247 e. The molecule has 0 radical (unpaired) electrons. The minimum Gasteiger partial charge on any atom is -0.367 e. The SMILES string of the molecule is NC(=O)C1CN(CCC(=O)N2CCCCC2)CCO1. The van der Waals surface area contributed by atoms with E-state index < -0.39 is 12.0 Å². The minimum absolute atomic E-state index is 0.224. The van der Waals surface area contributed by atoms with Crippen LogP contribution in [-0.4, -0.2) is 67.0 Å². The maximum absolute atomic E-state index is 12.0. The third-order valence-corrected chi connectivity index (χ3v) is 3.82. The van der Waals surface area contributed by atoms with Crippen LogP contribution < -0.4 is 5.73 Å². The zero-order chi connectivity index (χ0) is 13.7. The van der Waals surface area contributed by atoms with Crippen LogP contribution in [0, 0.1) is 0 Å². The molecule has 0 bridgehead atoms. The van der Waals surface area contributed by atoms with Gasteiger partial charge in [0.2, 0.25) is 11.8 Å². The number of rotatable bonds is 4. The van der Waals surface area contributed by atoms with E-state index in [4.69, 9.17) is 10.5 Å². The molecular formula is C13H23N3O3. The van der Waals surface area contributed by atoms with Gasteiger partial charge in [0, 0.05) is 39.1 Å². The number of morpholine rings is 1. The average molecular weight is 269 g/mol. The molecule has 1 unspecified atom stereocenters. The highest BCUT2D eigenvalue weighted by Crippen LogP contribution is 2.11. The zero-order valence-corrected chi connectivity index (χ0v) is 11.3. The Morgan fingerprint density at radius 1 is 1.16 bits per heavy atom. The highest BCUT2D eigenvalue weighted by molar-refractivity contribution is 5.79. The molecule has 0 aromatic carbocycles. The Bertz CT molecular complexity index is 329. The quantitative estimate of drug-likeness (QED) is 0.752. The molecule has 0 aromatic rings. The van der Waals surface area contributed by atoms with Crippen LogP contribution in [0.2, 0.25) is 0 Å². The van der Waals surface area contributed by atoms with Crippen LogP contribution in [0.3, 0.4) is 0 Å². The van der Waals surface area contributed by atoms with Crippen molar-refractivity contribution in [2.24, 2.45) is 5.73 Å². The van der Waals surface area contributed by atoms with Gasteiger partial charge in [-0.1, -0.05) is 0 Å². The second kappa shape index (κ2) is 6.86. The van der Waals surface area contributed by atoms with Crippen LogP contribution in [0.25, 0.3) is 0 Å². The number of hydrogen-bond donors (Lipinski definition) is 1. The fourth-order valence-corrected chi connectivity index (χ4v) is 2.63. The van der Waals surface area contributed by atoms with Crippen LogP contribution in [0.1, 0.15) is 25.7 Å². The number of likely N-dealkylation sites (tertiary alicyclic amines) is 1. The average Bonchev–Trinajstić information content (AvgIpc) is 2.46. The first-order chi connectivity index (χ1) is 9.16. The topological polar surface area (TPSA) is 75.9 Å². The molecule has 2 rings (SSSR count). The van der Waals surface area contributed by atoms with Gasteiger partial charge in [0.15, 0.2) is 0 Å². The maximum atomic E-state index is 12.0. The number of nitrogens with zero attached hydrogens (tertiary/aromatic N) is 2. The number of ether oxygens (including phenoxy) is 1. The Hall–Kier alpha value is -1.14. The first kappa shape index (κ1) is 14.3. The second-order valence-electron chi connectivity index (χ2n) is 5.25. The molecular weight excluding hydrogens is 246 g/mol. The van der Waals surface area contributed by atoms with Crippen molar-refractivity contribution >= 4 is 11.8 Å². The van der Waals surface area contributed by atoms with Crippen molar-refractivity contribution in [3.63, 3.8) is 0 Å². The predicted molar refractivity (Wildman–Crippen MR) is 70.4 cm³/mol. The van der Waals surface area contributed by atoms with Crippen molar-refractivity contribution in [1.82, 2.24) is 9.80 Å². The van der Waals surface area contributed by atoms with E-state index in [2.05, 4.69) is 4.90 Å². The van der Waals surface area contributed by atoms with Gasteiger partial charge in [-0.3, -0.25) is 14.5 Å². The molecule has 6 heteroatoms. The number of primary amides is 1. The van der Waals surface area contributed by atoms with Gasteiger partial charge in [-0.2, -0.15) is 0 Å². The van der Waals surface area contributed by atoms with E-state index in [0.29, 0.717) is 26.1 Å². The molecule has 0 spiro atoms. The molecule has 2 heterocycles. The van der Waals surface area contributed by atoms with E-state index in [-0.39, 0.29) is 5.91 Å². The van der Waals surface area contributed by atoms with Gasteiger partial charge in [0.05, 0.1) is 6.61 Å². The van der Waals surface area contributed by atoms with E-state index in [9.17, 15) is 9.59 Å². The molecule has 2 fully saturated rings. The van der Waals surface area contributed by atoms with E-state index in [0.717, 1.165) is 32.5 Å². The van der Waals surface area contributed by atoms with E-state index in [1.54, 1.807) is 0 Å². The summed E-state index contributed by atoms with van der Waals surface area (Å²) >= 11 is 0. The van der Waals surface area contributed by atoms with Crippen LogP contribution in [0.5, 0.6) is 0 Å². The van der Waals surface area contributed by atoms with Crippen molar-refractivity contribution in [1.29, 1.82) is 0 Å². The number of carbonyl (C=O) groups excluding carboxylic acids is 2. The van der Waals surface area contributed by atoms with Crippen molar-refractivity contribution in [2.45, 2.75) is 31.8 Å². The molecule has 2 amide bonds. The fourth-order valence-electron chi connectivity index (χ4n) is 2.63. The fraction of sp³-hybridized carbons (Fsp3) is 0.846. The summed E-state index contributed by atoms with van der Waals surface area (Å²) in [6.45, 7) is 4.24. The van der Waals surface area contributed by atoms with Crippen LogP contribution in [-0.2, 0) is 14.3 Å². The van der Waals surface area contributed by atoms with Crippen molar-refractivity contribution in [2.75, 3.05) is 39.3 Å². The second-order valence-corrected chi connectivity index (χ2v) is 5.25. The van der Waals surface area contributed by atoms with E-state index >= 15 is 0 Å². The third-order valence-electron chi connectivity index (χ3n) is 3.82. The summed E-state index contributed by atoms with van der Waals surface area (Å²) in [5.74, 6) is -0.200. The molecule has 1 atom stereocenters. The molecule has 2 aliphatic rings. The van der Waals surface area contributed by atoms with Gasteiger partial charge in [-0.05, 0) is 19.3 Å². The number of hydrogen-bond acceptors (Lipinski definition) is 4. The van der Waals surface area contributed by atoms with Gasteiger partial charge in [-0.15, -0.1) is 0 Å². The highest BCUT2D eigenvalue weighted by atomic mass is 16.5. The Morgan fingerprint density at radius 2 is 1.89 bits per heavy atom. The molecule has 2 aliphatic heterocycles. The molecule has 108 valence electrons. The van der Waals surface area contributed by atoms with Gasteiger partial charge < -0.3 is 15.4 Å². The summed E-state index contributed by atoms with van der Waals surface area (Å²) in [6.07, 6.45) is 3.46. The molecule has 2 N–H and O–H groups in total. The van der Waals surface area contributed by atoms with Crippen LogP contribution in [0.15, 0.2) is 0 Å². The maximum Gasteiger partial charge on any atom is 0.247 e. The molecule has 19 heavy (non-hydrogen) atoms. The normalized spacial score (nSPS) is 25.3. The Kier molecular flexibility index (Phi) is 5.15. The molecule has 0 aromatic heterocycles. The largest absolute Gasteiger partial charge is 0.367 e. The first-order valence-electron chi connectivity index (χ1n) is 7.08. The van der Waals surface area contributed by atoms with Gasteiger partial charge in [-0.25, -0.2) is 0 Å². The number of nitrogens with two attached hydrogens (primary N) is 1. The van der Waals surface area contributed by atoms with Crippen LogP contribution >= 0.6 is 0 Å². The number of carbonyl (C=O) groups is 2. The summed E-state index contributed by atoms with van der Waals surface area (Å²) in [5, 5.41) is 0. The van der Waals surface area contributed by atoms with Crippen molar-refractivity contribution < 1.29 is 14.3 Å². The Labute approximate surface area is 113 Å². The zero-order valence-electron chi connectivity index (χ0n) is 11.3. The van der Waals surface area contributed by atoms with Gasteiger partial charge in [0.25, 0.3) is 0 Å². The lowest BCUT2D eigenvalue weighted by Crippen LogP contribution is -2.49. The minimum atomic E-state index is -0.529. The van der Waals surface area contributed by atoms with Gasteiger partial charge >= 0.3 is 0 Å². The highest BCUT2D eigenvalue weighted by Gasteiger charge is 2.25. The lowest BCUT2D eigenvalue weighted by Gasteiger charge is -2.32.